The summed E-state index contributed by atoms with van der Waals surface area (Å²) in [5.41, 5.74) is 1.07. The zero-order valence-corrected chi connectivity index (χ0v) is 13.9. The van der Waals surface area contributed by atoms with Crippen LogP contribution in [0.25, 0.3) is 0 Å². The molecule has 1 amide bonds. The highest BCUT2D eigenvalue weighted by Gasteiger charge is 2.40. The molecule has 0 radical (unpaired) electrons. The van der Waals surface area contributed by atoms with E-state index in [1.165, 1.54) is 26.4 Å². The summed E-state index contributed by atoms with van der Waals surface area (Å²) in [5.74, 6) is 1.34. The normalized spacial score (nSPS) is 25.5. The molecule has 0 aliphatic heterocycles. The zero-order chi connectivity index (χ0) is 16.9. The van der Waals surface area contributed by atoms with Gasteiger partial charge < -0.3 is 9.47 Å². The molecule has 3 atom stereocenters. The minimum atomic E-state index is -0.734. The summed E-state index contributed by atoms with van der Waals surface area (Å²) in [6, 6.07) is 9.39. The maximum atomic E-state index is 12.0. The summed E-state index contributed by atoms with van der Waals surface area (Å²) >= 11 is 0. The van der Waals surface area contributed by atoms with Crippen molar-refractivity contribution in [1.29, 1.82) is 0 Å². The molecule has 2 saturated carbocycles. The second-order valence-corrected chi connectivity index (χ2v) is 6.73. The smallest absolute Gasteiger partial charge is 0.434 e. The Hall–Kier alpha value is -2.17. The highest BCUT2D eigenvalue weighted by molar-refractivity contribution is 6.37. The number of aliphatic imine (C=N–C) groups is 1. The Morgan fingerprint density at radius 3 is 2.58 bits per heavy atom. The van der Waals surface area contributed by atoms with E-state index >= 15 is 0 Å². The molecule has 0 saturated heterocycles. The highest BCUT2D eigenvalue weighted by Crippen LogP contribution is 2.49. The lowest BCUT2D eigenvalue weighted by atomic mass is 9.85. The molecule has 0 aromatic heterocycles. The van der Waals surface area contributed by atoms with Crippen LogP contribution in [0.3, 0.4) is 0 Å². The summed E-state index contributed by atoms with van der Waals surface area (Å²) < 4.78 is 9.93. The number of ether oxygens (including phenoxy) is 2. The largest absolute Gasteiger partial charge is 0.465 e. The Labute approximate surface area is 142 Å². The molecule has 0 N–H and O–H groups in total. The van der Waals surface area contributed by atoms with Crippen LogP contribution in [0, 0.1) is 17.8 Å². The van der Waals surface area contributed by atoms with Gasteiger partial charge in [0, 0.05) is 6.42 Å². The van der Waals surface area contributed by atoms with E-state index in [-0.39, 0.29) is 12.3 Å². The molecule has 5 heteroatoms. The van der Waals surface area contributed by atoms with Gasteiger partial charge in [0.2, 0.25) is 0 Å². The molecule has 1 aromatic carbocycles. The van der Waals surface area contributed by atoms with E-state index in [4.69, 9.17) is 9.47 Å². The molecule has 2 bridgehead atoms. The van der Waals surface area contributed by atoms with Crippen LogP contribution in [0.15, 0.2) is 35.3 Å². The number of rotatable bonds is 5. The van der Waals surface area contributed by atoms with Gasteiger partial charge in [0.15, 0.2) is 0 Å². The standard InChI is InChI=1S/C19H23NO4/c1-23-18(21)17(11-16-10-14-7-8-15(16)9-14)20-19(22)24-12-13-5-3-2-4-6-13/h2-6,14-16H,7-12H2,1H3. The molecular formula is C19H23NO4. The number of methoxy groups -OCH3 is 1. The van der Waals surface area contributed by atoms with Crippen molar-refractivity contribution in [3.8, 4) is 0 Å². The first-order valence-electron chi connectivity index (χ1n) is 8.52. The first-order valence-corrected chi connectivity index (χ1v) is 8.52. The van der Waals surface area contributed by atoms with Crippen LogP contribution in [0.5, 0.6) is 0 Å². The van der Waals surface area contributed by atoms with Gasteiger partial charge in [-0.25, -0.2) is 9.59 Å². The van der Waals surface area contributed by atoms with Gasteiger partial charge in [0.25, 0.3) is 0 Å². The molecule has 128 valence electrons. The van der Waals surface area contributed by atoms with Crippen molar-refractivity contribution >= 4 is 17.8 Å². The number of carbonyl (C=O) groups is 2. The average molecular weight is 329 g/mol. The van der Waals surface area contributed by atoms with Gasteiger partial charge in [-0.15, -0.1) is 0 Å². The fourth-order valence-electron chi connectivity index (χ4n) is 4.03. The number of hydrogen-bond acceptors (Lipinski definition) is 4. The summed E-state index contributed by atoms with van der Waals surface area (Å²) in [4.78, 5) is 27.8. The topological polar surface area (TPSA) is 65.0 Å². The van der Waals surface area contributed by atoms with E-state index in [9.17, 15) is 9.59 Å². The molecule has 2 aliphatic carbocycles. The lowest BCUT2D eigenvalue weighted by molar-refractivity contribution is -0.132. The van der Waals surface area contributed by atoms with Crippen molar-refractivity contribution in [3.05, 3.63) is 35.9 Å². The second kappa shape index (κ2) is 7.60. The van der Waals surface area contributed by atoms with E-state index in [1.807, 2.05) is 30.3 Å². The van der Waals surface area contributed by atoms with Gasteiger partial charge in [-0.1, -0.05) is 36.8 Å². The second-order valence-electron chi connectivity index (χ2n) is 6.73. The first-order chi connectivity index (χ1) is 11.7. The molecule has 2 aliphatic rings. The number of carbonyl (C=O) groups excluding carboxylic acids is 2. The fourth-order valence-corrected chi connectivity index (χ4v) is 4.03. The van der Waals surface area contributed by atoms with Crippen LogP contribution < -0.4 is 0 Å². The Bertz CT molecular complexity index is 626. The van der Waals surface area contributed by atoms with Crippen LogP contribution in [-0.4, -0.2) is 24.9 Å². The summed E-state index contributed by atoms with van der Waals surface area (Å²) in [7, 11) is 1.31. The van der Waals surface area contributed by atoms with Gasteiger partial charge in [-0.2, -0.15) is 4.99 Å². The predicted octanol–water partition coefficient (Wildman–Crippen LogP) is 3.76. The van der Waals surface area contributed by atoms with Gasteiger partial charge in [-0.05, 0) is 42.6 Å². The maximum Gasteiger partial charge on any atom is 0.434 e. The van der Waals surface area contributed by atoms with Crippen LogP contribution >= 0.6 is 0 Å². The number of fused-ring (bicyclic) bond motifs is 2. The van der Waals surface area contributed by atoms with Crippen LogP contribution in [0.4, 0.5) is 4.79 Å². The van der Waals surface area contributed by atoms with Crippen molar-refractivity contribution in [1.82, 2.24) is 0 Å². The molecule has 3 rings (SSSR count). The lowest BCUT2D eigenvalue weighted by Crippen LogP contribution is -2.24. The van der Waals surface area contributed by atoms with Crippen molar-refractivity contribution in [2.45, 2.75) is 38.7 Å². The Morgan fingerprint density at radius 1 is 1.17 bits per heavy atom. The fraction of sp³-hybridized carbons (Fsp3) is 0.526. The van der Waals surface area contributed by atoms with E-state index < -0.39 is 12.1 Å². The van der Waals surface area contributed by atoms with E-state index in [2.05, 4.69) is 4.99 Å². The van der Waals surface area contributed by atoms with Gasteiger partial charge in [0.05, 0.1) is 7.11 Å². The minimum Gasteiger partial charge on any atom is -0.465 e. The molecule has 0 heterocycles. The summed E-state index contributed by atoms with van der Waals surface area (Å²) in [5, 5.41) is 0. The third kappa shape index (κ3) is 4.02. The molecule has 1 aromatic rings. The quantitative estimate of drug-likeness (QED) is 0.609. The number of benzene rings is 1. The summed E-state index contributed by atoms with van der Waals surface area (Å²) in [6.07, 6.45) is 4.67. The maximum absolute atomic E-state index is 12.0. The third-order valence-corrected chi connectivity index (χ3v) is 5.19. The Morgan fingerprint density at radius 2 is 1.96 bits per heavy atom. The number of esters is 1. The predicted molar refractivity (Wildman–Crippen MR) is 89.6 cm³/mol. The Kier molecular flexibility index (Phi) is 5.28. The Balaban J connectivity index is 1.60. The number of amides is 1. The van der Waals surface area contributed by atoms with Crippen molar-refractivity contribution in [2.24, 2.45) is 22.7 Å². The average Bonchev–Trinajstić information content (AvgIpc) is 3.22. The monoisotopic (exact) mass is 329 g/mol. The van der Waals surface area contributed by atoms with Crippen molar-refractivity contribution in [2.75, 3.05) is 7.11 Å². The molecule has 2 fully saturated rings. The third-order valence-electron chi connectivity index (χ3n) is 5.19. The lowest BCUT2D eigenvalue weighted by Gasteiger charge is -2.21. The SMILES string of the molecule is COC(=O)C(CC1CC2CCC1C2)=NC(=O)OCc1ccccc1. The van der Waals surface area contributed by atoms with E-state index in [0.717, 1.165) is 17.9 Å². The number of hydrogen-bond donors (Lipinski definition) is 0. The van der Waals surface area contributed by atoms with E-state index in [1.54, 1.807) is 0 Å². The van der Waals surface area contributed by atoms with Crippen LogP contribution in [0.1, 0.15) is 37.7 Å². The van der Waals surface area contributed by atoms with Crippen molar-refractivity contribution in [3.63, 3.8) is 0 Å². The first kappa shape index (κ1) is 16.7. The molecule has 0 spiro atoms. The minimum absolute atomic E-state index is 0.145. The molecule has 24 heavy (non-hydrogen) atoms. The molecule has 5 nitrogen and oxygen atoms in total. The number of nitrogens with zero attached hydrogens (tertiary/aromatic N) is 1. The van der Waals surface area contributed by atoms with Gasteiger partial charge in [-0.3, -0.25) is 0 Å². The van der Waals surface area contributed by atoms with Crippen LogP contribution in [0.2, 0.25) is 0 Å². The van der Waals surface area contributed by atoms with Crippen molar-refractivity contribution < 1.29 is 19.1 Å². The highest BCUT2D eigenvalue weighted by atomic mass is 16.5. The summed E-state index contributed by atoms with van der Waals surface area (Å²) in [6.45, 7) is 0.145. The van der Waals surface area contributed by atoms with Gasteiger partial charge >= 0.3 is 12.1 Å². The van der Waals surface area contributed by atoms with Crippen LogP contribution in [-0.2, 0) is 20.9 Å². The van der Waals surface area contributed by atoms with E-state index in [0.29, 0.717) is 18.3 Å². The molecule has 3 unspecified atom stereocenters. The molecular weight excluding hydrogens is 306 g/mol. The zero-order valence-electron chi connectivity index (χ0n) is 13.9. The van der Waals surface area contributed by atoms with Gasteiger partial charge in [0.1, 0.15) is 12.3 Å².